The maximum absolute atomic E-state index is 12.8. The third kappa shape index (κ3) is 4.29. The van der Waals surface area contributed by atoms with E-state index in [0.717, 1.165) is 5.56 Å². The fourth-order valence-electron chi connectivity index (χ4n) is 3.43. The highest BCUT2D eigenvalue weighted by molar-refractivity contribution is 6.15. The van der Waals surface area contributed by atoms with E-state index < -0.39 is 0 Å². The second-order valence-electron chi connectivity index (χ2n) is 7.10. The van der Waals surface area contributed by atoms with Crippen molar-refractivity contribution in [2.24, 2.45) is 0 Å². The Kier molecular flexibility index (Phi) is 5.72. The van der Waals surface area contributed by atoms with E-state index in [1.807, 2.05) is 30.3 Å². The van der Waals surface area contributed by atoms with Gasteiger partial charge in [0, 0.05) is 35.8 Å². The zero-order chi connectivity index (χ0) is 21.8. The number of anilines is 1. The summed E-state index contributed by atoms with van der Waals surface area (Å²) in [5, 5.41) is 20.8. The van der Waals surface area contributed by atoms with Crippen molar-refractivity contribution in [2.45, 2.75) is 12.5 Å². The maximum Gasteiger partial charge on any atom is 0.287 e. The van der Waals surface area contributed by atoms with Gasteiger partial charge in [0.25, 0.3) is 5.91 Å². The number of H-pyrrole nitrogens is 1. The van der Waals surface area contributed by atoms with Crippen LogP contribution in [0.15, 0.2) is 67.0 Å². The molecule has 1 unspecified atom stereocenters. The van der Waals surface area contributed by atoms with E-state index in [2.05, 4.69) is 20.3 Å². The second-order valence-corrected chi connectivity index (χ2v) is 7.10. The molecule has 0 spiro atoms. The van der Waals surface area contributed by atoms with Gasteiger partial charge in [-0.05, 0) is 36.2 Å². The summed E-state index contributed by atoms with van der Waals surface area (Å²) in [6.07, 6.45) is 3.62. The van der Waals surface area contributed by atoms with Crippen LogP contribution in [0.3, 0.4) is 0 Å². The molecular weight excluding hydrogens is 392 g/mol. The summed E-state index contributed by atoms with van der Waals surface area (Å²) in [7, 11) is 0. The number of carbonyl (C=O) groups excluding carboxylic acids is 1. The van der Waals surface area contributed by atoms with Gasteiger partial charge in [0.05, 0.1) is 22.8 Å². The summed E-state index contributed by atoms with van der Waals surface area (Å²) in [4.78, 5) is 24.2. The number of pyridine rings is 1. The number of carbonyl (C=O) groups is 1. The minimum atomic E-state index is -0.386. The predicted octanol–water partition coefficient (Wildman–Crippen LogP) is 2.81. The molecule has 0 fully saturated rings. The van der Waals surface area contributed by atoms with Crippen LogP contribution >= 0.6 is 0 Å². The number of benzene rings is 2. The van der Waals surface area contributed by atoms with Gasteiger partial charge in [-0.3, -0.25) is 15.2 Å². The third-order valence-electron chi connectivity index (χ3n) is 5.03. The molecule has 1 atom stereocenters. The molecule has 2 aromatic carbocycles. The molecule has 0 saturated carbocycles. The molecule has 31 heavy (non-hydrogen) atoms. The van der Waals surface area contributed by atoms with Crippen molar-refractivity contribution < 1.29 is 9.90 Å². The Morgan fingerprint density at radius 1 is 1.16 bits per heavy atom. The van der Waals surface area contributed by atoms with Crippen LogP contribution in [-0.2, 0) is 0 Å². The highest BCUT2D eigenvalue weighted by Gasteiger charge is 2.19. The predicted molar refractivity (Wildman–Crippen MR) is 119 cm³/mol. The van der Waals surface area contributed by atoms with Crippen LogP contribution in [-0.4, -0.2) is 38.3 Å². The number of nitrogens with two attached hydrogens (primary N) is 1. The first-order valence-electron chi connectivity index (χ1n) is 9.82. The number of rotatable bonds is 7. The third-order valence-corrected chi connectivity index (χ3v) is 5.03. The number of aliphatic hydroxyl groups excluding tert-OH is 1. The van der Waals surface area contributed by atoms with Crippen LogP contribution in [0.4, 0.5) is 5.69 Å². The number of amides is 1. The fourth-order valence-corrected chi connectivity index (χ4v) is 3.43. The summed E-state index contributed by atoms with van der Waals surface area (Å²) < 4.78 is 0. The van der Waals surface area contributed by atoms with Crippen LogP contribution in [0.5, 0.6) is 0 Å². The van der Waals surface area contributed by atoms with Crippen molar-refractivity contribution in [1.29, 1.82) is 5.41 Å². The fraction of sp³-hybridized carbons (Fsp3) is 0.130. The molecule has 1 amide bonds. The SMILES string of the molecule is N=C(c1ccncc1)c1cc2[nH]c(C(=O)NC(CCO)c3ccccc3)nc2cc1N. The highest BCUT2D eigenvalue weighted by atomic mass is 16.3. The molecule has 4 rings (SSSR count). The number of nitrogen functional groups attached to an aromatic ring is 1. The number of aromatic amines is 1. The largest absolute Gasteiger partial charge is 0.398 e. The number of nitrogens with zero attached hydrogens (tertiary/aromatic N) is 2. The average molecular weight is 414 g/mol. The average Bonchev–Trinajstić information content (AvgIpc) is 3.22. The Morgan fingerprint density at radius 2 is 1.90 bits per heavy atom. The number of aromatic nitrogens is 3. The first-order chi connectivity index (χ1) is 15.1. The number of nitrogens with one attached hydrogen (secondary N) is 3. The molecule has 0 radical (unpaired) electrons. The van der Waals surface area contributed by atoms with E-state index in [1.165, 1.54) is 0 Å². The van der Waals surface area contributed by atoms with Crippen LogP contribution in [0.25, 0.3) is 11.0 Å². The molecule has 4 aromatic rings. The topological polar surface area (TPSA) is 141 Å². The molecule has 0 bridgehead atoms. The van der Waals surface area contributed by atoms with Crippen LogP contribution in [0.1, 0.15) is 39.8 Å². The Labute approximate surface area is 178 Å². The zero-order valence-corrected chi connectivity index (χ0v) is 16.7. The minimum absolute atomic E-state index is 0.0585. The lowest BCUT2D eigenvalue weighted by atomic mass is 10.0. The van der Waals surface area contributed by atoms with Crippen molar-refractivity contribution in [3.05, 3.63) is 89.5 Å². The smallest absolute Gasteiger partial charge is 0.287 e. The van der Waals surface area contributed by atoms with E-state index in [1.54, 1.807) is 36.7 Å². The molecule has 8 heteroatoms. The van der Waals surface area contributed by atoms with E-state index in [0.29, 0.717) is 34.3 Å². The summed E-state index contributed by atoms with van der Waals surface area (Å²) in [5.74, 6) is -0.247. The molecule has 2 heterocycles. The summed E-state index contributed by atoms with van der Waals surface area (Å²) in [5.41, 5.74) is 10.1. The molecule has 8 nitrogen and oxygen atoms in total. The summed E-state index contributed by atoms with van der Waals surface area (Å²) in [6, 6.07) is 16.0. The Hall–Kier alpha value is -4.04. The number of aliphatic hydroxyl groups is 1. The van der Waals surface area contributed by atoms with E-state index in [9.17, 15) is 9.90 Å². The van der Waals surface area contributed by atoms with Gasteiger partial charge in [-0.15, -0.1) is 0 Å². The number of hydrogen-bond donors (Lipinski definition) is 5. The van der Waals surface area contributed by atoms with E-state index in [4.69, 9.17) is 11.1 Å². The Bertz CT molecular complexity index is 1220. The van der Waals surface area contributed by atoms with Crippen LogP contribution in [0.2, 0.25) is 0 Å². The monoisotopic (exact) mass is 414 g/mol. The van der Waals surface area contributed by atoms with Gasteiger partial charge in [-0.2, -0.15) is 0 Å². The molecule has 156 valence electrons. The molecule has 0 saturated heterocycles. The van der Waals surface area contributed by atoms with Crippen molar-refractivity contribution in [3.63, 3.8) is 0 Å². The van der Waals surface area contributed by atoms with Gasteiger partial charge in [0.1, 0.15) is 0 Å². The highest BCUT2D eigenvalue weighted by Crippen LogP contribution is 2.23. The molecule has 2 aromatic heterocycles. The number of imidazole rings is 1. The van der Waals surface area contributed by atoms with Gasteiger partial charge in [0.15, 0.2) is 5.82 Å². The number of fused-ring (bicyclic) bond motifs is 1. The van der Waals surface area contributed by atoms with Crippen LogP contribution in [0, 0.1) is 5.41 Å². The quantitative estimate of drug-likeness (QED) is 0.234. The second kappa shape index (κ2) is 8.76. The Balaban J connectivity index is 1.61. The van der Waals surface area contributed by atoms with Crippen LogP contribution < -0.4 is 11.1 Å². The molecule has 0 aliphatic rings. The zero-order valence-electron chi connectivity index (χ0n) is 16.7. The van der Waals surface area contributed by atoms with Crippen molar-refractivity contribution in [2.75, 3.05) is 12.3 Å². The normalized spacial score (nSPS) is 11.9. The van der Waals surface area contributed by atoms with Gasteiger partial charge in [-0.25, -0.2) is 4.98 Å². The summed E-state index contributed by atoms with van der Waals surface area (Å²) >= 11 is 0. The Morgan fingerprint density at radius 3 is 2.61 bits per heavy atom. The standard InChI is InChI=1S/C23H22N6O2/c24-17-13-20-19(12-16(17)21(25)15-6-9-26-10-7-15)27-22(28-20)23(31)29-18(8-11-30)14-4-2-1-3-5-14/h1-7,9-10,12-13,18,25,30H,8,11,24H2,(H,27,28)(H,29,31). The number of hydrogen-bond acceptors (Lipinski definition) is 6. The molecule has 0 aliphatic carbocycles. The maximum atomic E-state index is 12.8. The molecular formula is C23H22N6O2. The first kappa shape index (κ1) is 20.2. The van der Waals surface area contributed by atoms with Crippen molar-refractivity contribution >= 4 is 28.3 Å². The van der Waals surface area contributed by atoms with Gasteiger partial charge in [0.2, 0.25) is 0 Å². The van der Waals surface area contributed by atoms with Gasteiger partial charge in [-0.1, -0.05) is 30.3 Å². The molecule has 6 N–H and O–H groups in total. The van der Waals surface area contributed by atoms with Crippen molar-refractivity contribution in [1.82, 2.24) is 20.3 Å². The van der Waals surface area contributed by atoms with E-state index in [-0.39, 0.29) is 30.1 Å². The summed E-state index contributed by atoms with van der Waals surface area (Å²) in [6.45, 7) is -0.0585. The lowest BCUT2D eigenvalue weighted by Crippen LogP contribution is -2.30. The lowest BCUT2D eigenvalue weighted by molar-refractivity contribution is 0.0920. The van der Waals surface area contributed by atoms with Gasteiger partial charge < -0.3 is 21.1 Å². The van der Waals surface area contributed by atoms with Crippen molar-refractivity contribution in [3.8, 4) is 0 Å². The molecule has 0 aliphatic heterocycles. The van der Waals surface area contributed by atoms with Gasteiger partial charge >= 0.3 is 0 Å². The lowest BCUT2D eigenvalue weighted by Gasteiger charge is -2.17. The van der Waals surface area contributed by atoms with E-state index >= 15 is 0 Å². The minimum Gasteiger partial charge on any atom is -0.398 e. The first-order valence-corrected chi connectivity index (χ1v) is 9.82.